The standard InChI is InChI=1S/C23H20N4O3/c1-24-18-8-5-9-19(23(18)30)26-27-22-15-6-4-11-20(28)14(15)12-13-17(22)25-16-7-2-3-10-21(16)29/h2-13,24-25,28-30H,1H3. The fourth-order valence-electron chi connectivity index (χ4n) is 3.18. The smallest absolute Gasteiger partial charge is 0.166 e. The van der Waals surface area contributed by atoms with Gasteiger partial charge in [-0.05, 0) is 42.5 Å². The number of phenols is 3. The molecule has 0 aliphatic carbocycles. The minimum Gasteiger partial charge on any atom is -0.507 e. The molecule has 0 atom stereocenters. The highest BCUT2D eigenvalue weighted by Gasteiger charge is 2.12. The number of hydrogen-bond donors (Lipinski definition) is 5. The third kappa shape index (κ3) is 3.56. The van der Waals surface area contributed by atoms with Crippen LogP contribution in [-0.2, 0) is 0 Å². The van der Waals surface area contributed by atoms with Gasteiger partial charge in [0.2, 0.25) is 0 Å². The summed E-state index contributed by atoms with van der Waals surface area (Å²) in [7, 11) is 1.71. The van der Waals surface area contributed by atoms with Crippen LogP contribution in [-0.4, -0.2) is 22.4 Å². The number of anilines is 3. The molecule has 0 fully saturated rings. The average molecular weight is 400 g/mol. The lowest BCUT2D eigenvalue weighted by atomic mass is 10.1. The number of aromatic hydroxyl groups is 3. The van der Waals surface area contributed by atoms with E-state index in [4.69, 9.17) is 0 Å². The maximum absolute atomic E-state index is 10.4. The minimum absolute atomic E-state index is 0.0120. The molecule has 0 bridgehead atoms. The molecule has 4 aromatic carbocycles. The average Bonchev–Trinajstić information content (AvgIpc) is 2.75. The molecule has 7 heteroatoms. The van der Waals surface area contributed by atoms with Gasteiger partial charge in [-0.15, -0.1) is 10.2 Å². The zero-order valence-electron chi connectivity index (χ0n) is 16.2. The number of benzene rings is 4. The molecule has 4 rings (SSSR count). The van der Waals surface area contributed by atoms with Gasteiger partial charge in [0, 0.05) is 17.8 Å². The zero-order chi connectivity index (χ0) is 21.1. The van der Waals surface area contributed by atoms with Crippen molar-refractivity contribution in [2.75, 3.05) is 17.7 Å². The van der Waals surface area contributed by atoms with E-state index in [1.807, 2.05) is 6.07 Å². The monoisotopic (exact) mass is 400 g/mol. The summed E-state index contributed by atoms with van der Waals surface area (Å²) in [6.45, 7) is 0. The van der Waals surface area contributed by atoms with Crippen molar-refractivity contribution in [3.05, 3.63) is 72.8 Å². The Morgan fingerprint density at radius 2 is 1.37 bits per heavy atom. The molecule has 7 nitrogen and oxygen atoms in total. The summed E-state index contributed by atoms with van der Waals surface area (Å²) in [5, 5.41) is 46.7. The quantitative estimate of drug-likeness (QED) is 0.204. The van der Waals surface area contributed by atoms with Gasteiger partial charge in [-0.1, -0.05) is 30.3 Å². The summed E-state index contributed by atoms with van der Waals surface area (Å²) < 4.78 is 0. The maximum Gasteiger partial charge on any atom is 0.166 e. The van der Waals surface area contributed by atoms with Gasteiger partial charge in [0.05, 0.1) is 17.1 Å². The Balaban J connectivity index is 1.86. The number of fused-ring (bicyclic) bond motifs is 1. The summed E-state index contributed by atoms with van der Waals surface area (Å²) in [5.41, 5.74) is 2.39. The third-order valence-corrected chi connectivity index (χ3v) is 4.73. The second-order valence-corrected chi connectivity index (χ2v) is 6.60. The minimum atomic E-state index is -0.0120. The van der Waals surface area contributed by atoms with Crippen molar-refractivity contribution in [1.29, 1.82) is 0 Å². The summed E-state index contributed by atoms with van der Waals surface area (Å²) in [5.74, 6) is 0.205. The number of hydrogen-bond acceptors (Lipinski definition) is 7. The van der Waals surface area contributed by atoms with Crippen LogP contribution >= 0.6 is 0 Å². The molecule has 0 radical (unpaired) electrons. The normalized spacial score (nSPS) is 11.1. The number of azo groups is 1. The van der Waals surface area contributed by atoms with Crippen molar-refractivity contribution < 1.29 is 15.3 Å². The lowest BCUT2D eigenvalue weighted by molar-refractivity contribution is 0.477. The van der Waals surface area contributed by atoms with Crippen molar-refractivity contribution in [3.63, 3.8) is 0 Å². The molecule has 0 spiro atoms. The molecule has 0 unspecified atom stereocenters. The Morgan fingerprint density at radius 3 is 2.17 bits per heavy atom. The van der Waals surface area contributed by atoms with Crippen LogP contribution < -0.4 is 10.6 Å². The van der Waals surface area contributed by atoms with Gasteiger partial charge in [-0.25, -0.2) is 0 Å². The molecule has 0 aliphatic rings. The Kier molecular flexibility index (Phi) is 5.09. The number of para-hydroxylation sites is 3. The van der Waals surface area contributed by atoms with Crippen molar-refractivity contribution in [3.8, 4) is 17.2 Å². The molecule has 0 saturated heterocycles. The summed E-state index contributed by atoms with van der Waals surface area (Å²) >= 11 is 0. The first-order valence-electron chi connectivity index (χ1n) is 9.29. The molecule has 0 heterocycles. The van der Waals surface area contributed by atoms with Crippen LogP contribution in [0, 0.1) is 0 Å². The van der Waals surface area contributed by atoms with Gasteiger partial charge < -0.3 is 26.0 Å². The molecule has 4 aromatic rings. The van der Waals surface area contributed by atoms with Crippen LogP contribution in [0.4, 0.5) is 28.4 Å². The first-order chi connectivity index (χ1) is 14.6. The Morgan fingerprint density at radius 1 is 0.633 bits per heavy atom. The van der Waals surface area contributed by atoms with Gasteiger partial charge in [-0.3, -0.25) is 0 Å². The second-order valence-electron chi connectivity index (χ2n) is 6.60. The number of nitrogens with one attached hydrogen (secondary N) is 2. The van der Waals surface area contributed by atoms with Crippen LogP contribution in [0.3, 0.4) is 0 Å². The topological polar surface area (TPSA) is 109 Å². The maximum atomic E-state index is 10.4. The zero-order valence-corrected chi connectivity index (χ0v) is 16.2. The van der Waals surface area contributed by atoms with E-state index in [9.17, 15) is 15.3 Å². The highest BCUT2D eigenvalue weighted by molar-refractivity contribution is 6.02. The molecule has 5 N–H and O–H groups in total. The first kappa shape index (κ1) is 19.1. The van der Waals surface area contributed by atoms with E-state index >= 15 is 0 Å². The van der Waals surface area contributed by atoms with Crippen molar-refractivity contribution in [2.45, 2.75) is 0 Å². The third-order valence-electron chi connectivity index (χ3n) is 4.73. The van der Waals surface area contributed by atoms with Gasteiger partial charge in [0.25, 0.3) is 0 Å². The Hall–Kier alpha value is -4.26. The highest BCUT2D eigenvalue weighted by atomic mass is 16.3. The summed E-state index contributed by atoms with van der Waals surface area (Å²) in [6.07, 6.45) is 0. The molecule has 0 amide bonds. The van der Waals surface area contributed by atoms with E-state index in [1.54, 1.807) is 73.8 Å². The van der Waals surface area contributed by atoms with E-state index in [-0.39, 0.29) is 17.2 Å². The lowest BCUT2D eigenvalue weighted by Gasteiger charge is -2.13. The van der Waals surface area contributed by atoms with E-state index < -0.39 is 0 Å². The van der Waals surface area contributed by atoms with Crippen LogP contribution in [0.25, 0.3) is 10.8 Å². The lowest BCUT2D eigenvalue weighted by Crippen LogP contribution is -1.92. The van der Waals surface area contributed by atoms with Crippen molar-refractivity contribution in [2.24, 2.45) is 10.2 Å². The van der Waals surface area contributed by atoms with Crippen LogP contribution in [0.5, 0.6) is 17.2 Å². The molecule has 0 aromatic heterocycles. The predicted molar refractivity (Wildman–Crippen MR) is 119 cm³/mol. The van der Waals surface area contributed by atoms with E-state index in [1.165, 1.54) is 0 Å². The number of phenolic OH excluding ortho intramolecular Hbond substituents is 3. The molecule has 150 valence electrons. The Labute approximate surface area is 173 Å². The number of rotatable bonds is 5. The van der Waals surface area contributed by atoms with E-state index in [0.717, 1.165) is 0 Å². The molecule has 0 saturated carbocycles. The van der Waals surface area contributed by atoms with Gasteiger partial charge in [0.15, 0.2) is 5.75 Å². The molecular weight excluding hydrogens is 380 g/mol. The number of nitrogens with zero attached hydrogens (tertiary/aromatic N) is 2. The fraction of sp³-hybridized carbons (Fsp3) is 0.0435. The molecule has 0 aliphatic heterocycles. The van der Waals surface area contributed by atoms with E-state index in [0.29, 0.717) is 39.2 Å². The second kappa shape index (κ2) is 8.00. The van der Waals surface area contributed by atoms with Gasteiger partial charge >= 0.3 is 0 Å². The van der Waals surface area contributed by atoms with Crippen molar-refractivity contribution >= 4 is 39.2 Å². The fourth-order valence-corrected chi connectivity index (χ4v) is 3.18. The van der Waals surface area contributed by atoms with Crippen LogP contribution in [0.1, 0.15) is 0 Å². The predicted octanol–water partition coefficient (Wildman–Crippen LogP) is 6.16. The molecule has 30 heavy (non-hydrogen) atoms. The van der Waals surface area contributed by atoms with Crippen molar-refractivity contribution in [1.82, 2.24) is 0 Å². The largest absolute Gasteiger partial charge is 0.507 e. The van der Waals surface area contributed by atoms with E-state index in [2.05, 4.69) is 20.9 Å². The Bertz CT molecular complexity index is 1250. The first-order valence-corrected chi connectivity index (χ1v) is 9.29. The molecular formula is C23H20N4O3. The van der Waals surface area contributed by atoms with Gasteiger partial charge in [-0.2, -0.15) is 0 Å². The van der Waals surface area contributed by atoms with Gasteiger partial charge in [0.1, 0.15) is 22.9 Å². The summed E-state index contributed by atoms with van der Waals surface area (Å²) in [6, 6.07) is 20.7. The highest BCUT2D eigenvalue weighted by Crippen LogP contribution is 2.42. The SMILES string of the molecule is CNc1cccc(N=Nc2c(Nc3ccccc3O)ccc3c(O)cccc23)c1O. The van der Waals surface area contributed by atoms with Crippen LogP contribution in [0.2, 0.25) is 0 Å². The summed E-state index contributed by atoms with van der Waals surface area (Å²) in [4.78, 5) is 0. The van der Waals surface area contributed by atoms with Crippen LogP contribution in [0.15, 0.2) is 83.0 Å².